The summed E-state index contributed by atoms with van der Waals surface area (Å²) in [6.45, 7) is 1.67. The summed E-state index contributed by atoms with van der Waals surface area (Å²) in [5.74, 6) is -1.55. The number of hydrogen-bond acceptors (Lipinski definition) is 7. The standard InChI is InChI=1S/C24H30FN3O7S2/c1-34-22-9-6-20(25)15-23(22)37(32,33)28-10-2-3-19(17-28)24(29)26-16-18-4-7-21(8-5-18)36(30,31)27-11-13-35-14-12-27/h4-9,15,19H,2-3,10-14,16-17H2,1H3,(H,26,29)/t19-/m0/s1. The number of piperidine rings is 1. The fourth-order valence-electron chi connectivity index (χ4n) is 4.41. The van der Waals surface area contributed by atoms with Crippen molar-refractivity contribution in [2.45, 2.75) is 29.2 Å². The number of morpholine rings is 1. The summed E-state index contributed by atoms with van der Waals surface area (Å²) in [5, 5.41) is 2.81. The Morgan fingerprint density at radius 2 is 1.73 bits per heavy atom. The van der Waals surface area contributed by atoms with E-state index in [1.165, 1.54) is 33.9 Å². The molecule has 0 aliphatic carbocycles. The Kier molecular flexibility index (Phi) is 8.49. The van der Waals surface area contributed by atoms with Crippen LogP contribution in [0.1, 0.15) is 18.4 Å². The first-order chi connectivity index (χ1) is 17.6. The van der Waals surface area contributed by atoms with Gasteiger partial charge in [0.15, 0.2) is 0 Å². The number of halogens is 1. The maximum atomic E-state index is 13.8. The van der Waals surface area contributed by atoms with E-state index in [4.69, 9.17) is 9.47 Å². The summed E-state index contributed by atoms with van der Waals surface area (Å²) in [6.07, 6.45) is 0.984. The molecule has 37 heavy (non-hydrogen) atoms. The first kappa shape index (κ1) is 27.5. The Hall–Kier alpha value is -2.58. The maximum absolute atomic E-state index is 13.8. The zero-order valence-corrected chi connectivity index (χ0v) is 22.1. The van der Waals surface area contributed by atoms with Crippen LogP contribution in [-0.4, -0.2) is 77.9 Å². The van der Waals surface area contributed by atoms with Crippen LogP contribution in [0.15, 0.2) is 52.3 Å². The van der Waals surface area contributed by atoms with Crippen molar-refractivity contribution < 1.29 is 35.5 Å². The third-order valence-corrected chi connectivity index (χ3v) is 10.3. The SMILES string of the molecule is COc1ccc(F)cc1S(=O)(=O)N1CCC[C@H](C(=O)NCc2ccc(S(=O)(=O)N3CCOCC3)cc2)C1. The Labute approximate surface area is 216 Å². The molecule has 0 saturated carbocycles. The number of carbonyl (C=O) groups is 1. The van der Waals surface area contributed by atoms with Crippen molar-refractivity contribution in [1.29, 1.82) is 0 Å². The van der Waals surface area contributed by atoms with Gasteiger partial charge >= 0.3 is 0 Å². The van der Waals surface area contributed by atoms with Gasteiger partial charge in [0.1, 0.15) is 16.5 Å². The molecule has 1 N–H and O–H groups in total. The lowest BCUT2D eigenvalue weighted by Gasteiger charge is -2.31. The van der Waals surface area contributed by atoms with E-state index in [9.17, 15) is 26.0 Å². The normalized spacial score (nSPS) is 19.9. The Balaban J connectivity index is 1.38. The van der Waals surface area contributed by atoms with Crippen molar-refractivity contribution in [3.63, 3.8) is 0 Å². The number of nitrogens with one attached hydrogen (secondary N) is 1. The highest BCUT2D eigenvalue weighted by Gasteiger charge is 2.35. The van der Waals surface area contributed by atoms with Crippen LogP contribution in [0.5, 0.6) is 5.75 Å². The summed E-state index contributed by atoms with van der Waals surface area (Å²) >= 11 is 0. The number of nitrogens with zero attached hydrogens (tertiary/aromatic N) is 2. The van der Waals surface area contributed by atoms with Crippen LogP contribution in [0.3, 0.4) is 0 Å². The van der Waals surface area contributed by atoms with Crippen molar-refractivity contribution in [2.75, 3.05) is 46.5 Å². The van der Waals surface area contributed by atoms with Crippen molar-refractivity contribution >= 4 is 26.0 Å². The van der Waals surface area contributed by atoms with E-state index >= 15 is 0 Å². The van der Waals surface area contributed by atoms with Crippen LogP contribution in [0.2, 0.25) is 0 Å². The van der Waals surface area contributed by atoms with Gasteiger partial charge in [-0.15, -0.1) is 0 Å². The largest absolute Gasteiger partial charge is 0.495 e. The zero-order chi connectivity index (χ0) is 26.6. The average Bonchev–Trinajstić information content (AvgIpc) is 2.92. The Bertz CT molecular complexity index is 1330. The molecule has 4 rings (SSSR count). The molecular formula is C24H30FN3O7S2. The second kappa shape index (κ2) is 11.4. The van der Waals surface area contributed by atoms with Crippen LogP contribution in [0, 0.1) is 11.7 Å². The summed E-state index contributed by atoms with van der Waals surface area (Å²) in [7, 11) is -6.37. The van der Waals surface area contributed by atoms with Gasteiger partial charge in [-0.3, -0.25) is 4.79 Å². The van der Waals surface area contributed by atoms with Crippen LogP contribution >= 0.6 is 0 Å². The number of methoxy groups -OCH3 is 1. The highest BCUT2D eigenvalue weighted by molar-refractivity contribution is 7.89. The van der Waals surface area contributed by atoms with E-state index < -0.39 is 31.8 Å². The smallest absolute Gasteiger partial charge is 0.246 e. The number of sulfonamides is 2. The van der Waals surface area contributed by atoms with Crippen LogP contribution in [0.4, 0.5) is 4.39 Å². The minimum atomic E-state index is -4.07. The topological polar surface area (TPSA) is 122 Å². The fourth-order valence-corrected chi connectivity index (χ4v) is 7.51. The first-order valence-corrected chi connectivity index (χ1v) is 14.8. The molecule has 1 amide bonds. The molecule has 2 heterocycles. The highest BCUT2D eigenvalue weighted by atomic mass is 32.2. The van der Waals surface area contributed by atoms with Gasteiger partial charge in [-0.2, -0.15) is 8.61 Å². The van der Waals surface area contributed by atoms with E-state index in [1.807, 2.05) is 0 Å². The summed E-state index contributed by atoms with van der Waals surface area (Å²) < 4.78 is 78.6. The molecule has 0 aromatic heterocycles. The van der Waals surface area contributed by atoms with Crippen molar-refractivity contribution in [3.8, 4) is 5.75 Å². The number of rotatable bonds is 8. The molecular weight excluding hydrogens is 525 g/mol. The van der Waals surface area contributed by atoms with Gasteiger partial charge in [-0.1, -0.05) is 12.1 Å². The fraction of sp³-hybridized carbons (Fsp3) is 0.458. The van der Waals surface area contributed by atoms with Gasteiger partial charge < -0.3 is 14.8 Å². The third kappa shape index (κ3) is 6.12. The molecule has 1 atom stereocenters. The van der Waals surface area contributed by atoms with Gasteiger partial charge in [0.25, 0.3) is 0 Å². The first-order valence-electron chi connectivity index (χ1n) is 11.9. The molecule has 13 heteroatoms. The molecule has 0 unspecified atom stereocenters. The quantitative estimate of drug-likeness (QED) is 0.525. The molecule has 2 aromatic carbocycles. The summed E-state index contributed by atoms with van der Waals surface area (Å²) in [5.41, 5.74) is 0.707. The molecule has 202 valence electrons. The van der Waals surface area contributed by atoms with Crippen LogP contribution in [-0.2, 0) is 36.1 Å². The van der Waals surface area contributed by atoms with E-state index in [2.05, 4.69) is 5.32 Å². The molecule has 10 nitrogen and oxygen atoms in total. The maximum Gasteiger partial charge on any atom is 0.246 e. The molecule has 2 saturated heterocycles. The molecule has 0 spiro atoms. The van der Waals surface area contributed by atoms with E-state index in [0.717, 1.165) is 12.1 Å². The van der Waals surface area contributed by atoms with E-state index in [0.29, 0.717) is 44.7 Å². The Morgan fingerprint density at radius 3 is 2.41 bits per heavy atom. The number of carbonyl (C=O) groups excluding carboxylic acids is 1. The number of ether oxygens (including phenoxy) is 2. The lowest BCUT2D eigenvalue weighted by Crippen LogP contribution is -2.45. The average molecular weight is 556 g/mol. The van der Waals surface area contributed by atoms with Gasteiger partial charge in [0, 0.05) is 32.7 Å². The lowest BCUT2D eigenvalue weighted by atomic mass is 9.99. The molecule has 0 radical (unpaired) electrons. The molecule has 2 fully saturated rings. The number of benzene rings is 2. The number of amides is 1. The van der Waals surface area contributed by atoms with Crippen LogP contribution < -0.4 is 10.1 Å². The van der Waals surface area contributed by atoms with Gasteiger partial charge in [0.05, 0.1) is 31.1 Å². The van der Waals surface area contributed by atoms with Gasteiger partial charge in [-0.25, -0.2) is 21.2 Å². The summed E-state index contributed by atoms with van der Waals surface area (Å²) in [6, 6.07) is 9.59. The minimum Gasteiger partial charge on any atom is -0.495 e. The van der Waals surface area contributed by atoms with Crippen molar-refractivity contribution in [3.05, 3.63) is 53.8 Å². The van der Waals surface area contributed by atoms with Crippen molar-refractivity contribution in [2.24, 2.45) is 5.92 Å². The van der Waals surface area contributed by atoms with Gasteiger partial charge in [0.2, 0.25) is 26.0 Å². The second-order valence-electron chi connectivity index (χ2n) is 8.88. The second-order valence-corrected chi connectivity index (χ2v) is 12.7. The number of hydrogen-bond donors (Lipinski definition) is 1. The van der Waals surface area contributed by atoms with Gasteiger partial charge in [-0.05, 0) is 48.7 Å². The Morgan fingerprint density at radius 1 is 1.03 bits per heavy atom. The monoisotopic (exact) mass is 555 g/mol. The molecule has 0 bridgehead atoms. The minimum absolute atomic E-state index is 0.0343. The predicted molar refractivity (Wildman–Crippen MR) is 132 cm³/mol. The lowest BCUT2D eigenvalue weighted by molar-refractivity contribution is -0.126. The van der Waals surface area contributed by atoms with E-state index in [1.54, 1.807) is 12.1 Å². The molecule has 2 aliphatic rings. The highest BCUT2D eigenvalue weighted by Crippen LogP contribution is 2.30. The van der Waals surface area contributed by atoms with Crippen LogP contribution in [0.25, 0.3) is 0 Å². The van der Waals surface area contributed by atoms with Crippen molar-refractivity contribution in [1.82, 2.24) is 13.9 Å². The molecule has 2 aliphatic heterocycles. The molecule has 2 aromatic rings. The zero-order valence-electron chi connectivity index (χ0n) is 20.4. The van der Waals surface area contributed by atoms with E-state index in [-0.39, 0.29) is 41.1 Å². The predicted octanol–water partition coefficient (Wildman–Crippen LogP) is 1.57. The summed E-state index contributed by atoms with van der Waals surface area (Å²) in [4.78, 5) is 12.8. The third-order valence-electron chi connectivity index (χ3n) is 6.50.